The third-order valence-corrected chi connectivity index (χ3v) is 9.16. The zero-order valence-electron chi connectivity index (χ0n) is 24.4. The minimum atomic E-state index is -0.271. The Bertz CT molecular complexity index is 2350. The van der Waals surface area contributed by atoms with Gasteiger partial charge in [0.2, 0.25) is 5.95 Å². The molecule has 4 heterocycles. The van der Waals surface area contributed by atoms with Crippen LogP contribution in [0.5, 0.6) is 0 Å². The van der Waals surface area contributed by atoms with Gasteiger partial charge < -0.3 is 0 Å². The van der Waals surface area contributed by atoms with Gasteiger partial charge in [-0.1, -0.05) is 98.8 Å². The van der Waals surface area contributed by atoms with Gasteiger partial charge in [-0.05, 0) is 45.8 Å². The van der Waals surface area contributed by atoms with E-state index in [1.807, 2.05) is 36.9 Å². The number of pyridine rings is 2. The Labute approximate surface area is 254 Å². The second-order valence-corrected chi connectivity index (χ2v) is 12.0. The first-order valence-corrected chi connectivity index (χ1v) is 14.9. The summed E-state index contributed by atoms with van der Waals surface area (Å²) in [5.41, 5.74) is 10.8. The molecule has 4 aromatic heterocycles. The highest BCUT2D eigenvalue weighted by Crippen LogP contribution is 2.55. The highest BCUT2D eigenvalue weighted by atomic mass is 15.2. The molecular formula is C39H27N5. The predicted molar refractivity (Wildman–Crippen MR) is 178 cm³/mol. The maximum absolute atomic E-state index is 5.29. The van der Waals surface area contributed by atoms with Crippen molar-refractivity contribution in [3.05, 3.63) is 139 Å². The van der Waals surface area contributed by atoms with Gasteiger partial charge in [-0.15, -0.1) is 0 Å². The second-order valence-electron chi connectivity index (χ2n) is 12.0. The summed E-state index contributed by atoms with van der Waals surface area (Å²) in [5, 5.41) is 4.53. The second kappa shape index (κ2) is 9.16. The van der Waals surface area contributed by atoms with Crippen molar-refractivity contribution in [2.45, 2.75) is 19.3 Å². The van der Waals surface area contributed by atoms with E-state index in [0.29, 0.717) is 5.95 Å². The van der Waals surface area contributed by atoms with Crippen LogP contribution in [0.4, 0.5) is 0 Å². The van der Waals surface area contributed by atoms with Crippen molar-refractivity contribution in [1.29, 1.82) is 0 Å². The zero-order valence-corrected chi connectivity index (χ0v) is 24.4. The number of aromatic nitrogens is 5. The summed E-state index contributed by atoms with van der Waals surface area (Å²) in [4.78, 5) is 19.8. The van der Waals surface area contributed by atoms with E-state index in [1.54, 1.807) is 0 Å². The molecule has 0 radical (unpaired) electrons. The van der Waals surface area contributed by atoms with E-state index in [9.17, 15) is 0 Å². The van der Waals surface area contributed by atoms with Crippen LogP contribution in [0.15, 0.2) is 128 Å². The molecule has 4 aromatic carbocycles. The minimum Gasteiger partial charge on any atom is -0.277 e. The van der Waals surface area contributed by atoms with E-state index in [4.69, 9.17) is 9.97 Å². The van der Waals surface area contributed by atoms with Crippen molar-refractivity contribution < 1.29 is 0 Å². The average molecular weight is 566 g/mol. The van der Waals surface area contributed by atoms with Gasteiger partial charge in [0.25, 0.3) is 0 Å². The maximum atomic E-state index is 5.29. The van der Waals surface area contributed by atoms with Gasteiger partial charge in [-0.3, -0.25) is 14.5 Å². The van der Waals surface area contributed by atoms with Crippen LogP contribution in [0.25, 0.3) is 72.2 Å². The molecule has 5 heteroatoms. The van der Waals surface area contributed by atoms with Crippen LogP contribution in [0.3, 0.4) is 0 Å². The van der Waals surface area contributed by atoms with E-state index < -0.39 is 0 Å². The fraction of sp³-hybridized carbons (Fsp3) is 0.0769. The number of hydrogen-bond donors (Lipinski definition) is 0. The van der Waals surface area contributed by atoms with Crippen LogP contribution in [0.1, 0.15) is 25.0 Å². The van der Waals surface area contributed by atoms with Crippen molar-refractivity contribution in [2.75, 3.05) is 0 Å². The highest BCUT2D eigenvalue weighted by Gasteiger charge is 2.40. The molecule has 1 aliphatic carbocycles. The third-order valence-electron chi connectivity index (χ3n) is 9.16. The molecule has 0 saturated carbocycles. The fourth-order valence-electron chi connectivity index (χ4n) is 7.23. The first kappa shape index (κ1) is 24.9. The lowest BCUT2D eigenvalue weighted by Crippen LogP contribution is -2.17. The summed E-state index contributed by atoms with van der Waals surface area (Å²) in [7, 11) is 0. The average Bonchev–Trinajstić information content (AvgIpc) is 3.55. The molecule has 8 aromatic rings. The number of fused-ring (bicyclic) bond motifs is 10. The molecule has 9 rings (SSSR count). The van der Waals surface area contributed by atoms with Gasteiger partial charge >= 0.3 is 0 Å². The summed E-state index contributed by atoms with van der Waals surface area (Å²) >= 11 is 0. The third kappa shape index (κ3) is 3.41. The molecule has 208 valence electrons. The largest absolute Gasteiger partial charge is 0.277 e. The van der Waals surface area contributed by atoms with E-state index in [1.165, 1.54) is 22.3 Å². The van der Waals surface area contributed by atoms with Gasteiger partial charge in [-0.25, -0.2) is 9.97 Å². The van der Waals surface area contributed by atoms with Crippen LogP contribution in [0, 0.1) is 0 Å². The van der Waals surface area contributed by atoms with Crippen LogP contribution in [-0.4, -0.2) is 24.5 Å². The Morgan fingerprint density at radius 2 is 1.23 bits per heavy atom. The molecule has 0 fully saturated rings. The molecule has 0 atom stereocenters. The predicted octanol–water partition coefficient (Wildman–Crippen LogP) is 9.16. The van der Waals surface area contributed by atoms with Crippen LogP contribution >= 0.6 is 0 Å². The van der Waals surface area contributed by atoms with Gasteiger partial charge in [0, 0.05) is 57.5 Å². The number of rotatable bonds is 3. The first-order chi connectivity index (χ1) is 21.6. The molecule has 0 saturated heterocycles. The molecule has 5 nitrogen and oxygen atoms in total. The molecular weight excluding hydrogens is 538 g/mol. The van der Waals surface area contributed by atoms with Gasteiger partial charge in [0.1, 0.15) is 0 Å². The zero-order chi connectivity index (χ0) is 29.4. The van der Waals surface area contributed by atoms with E-state index in [0.717, 1.165) is 55.1 Å². The quantitative estimate of drug-likeness (QED) is 0.214. The summed E-state index contributed by atoms with van der Waals surface area (Å²) in [6.07, 6.45) is 7.75. The van der Waals surface area contributed by atoms with Crippen LogP contribution in [0.2, 0.25) is 0 Å². The lowest BCUT2D eigenvalue weighted by atomic mass is 9.81. The number of benzene rings is 4. The molecule has 0 N–H and O–H groups in total. The topological polar surface area (TPSA) is 56.5 Å². The molecule has 44 heavy (non-hydrogen) atoms. The van der Waals surface area contributed by atoms with Crippen molar-refractivity contribution in [3.8, 4) is 39.6 Å². The number of nitrogens with zero attached hydrogens (tertiary/aromatic N) is 5. The van der Waals surface area contributed by atoms with Gasteiger partial charge in [0.05, 0.1) is 22.4 Å². The number of hydrogen-bond acceptors (Lipinski definition) is 4. The van der Waals surface area contributed by atoms with Gasteiger partial charge in [-0.2, -0.15) is 0 Å². The van der Waals surface area contributed by atoms with E-state index in [2.05, 4.69) is 119 Å². The lowest BCUT2D eigenvalue weighted by Gasteiger charge is -2.24. The van der Waals surface area contributed by atoms with Crippen molar-refractivity contribution in [3.63, 3.8) is 0 Å². The Kier molecular flexibility index (Phi) is 5.18. The van der Waals surface area contributed by atoms with Crippen LogP contribution < -0.4 is 0 Å². The Balaban J connectivity index is 1.49. The monoisotopic (exact) mass is 565 g/mol. The summed E-state index contributed by atoms with van der Waals surface area (Å²) < 4.78 is 2.28. The Morgan fingerprint density at radius 3 is 1.93 bits per heavy atom. The lowest BCUT2D eigenvalue weighted by molar-refractivity contribution is 0.664. The van der Waals surface area contributed by atoms with Crippen LogP contribution in [-0.2, 0) is 5.41 Å². The molecule has 0 spiro atoms. The Morgan fingerprint density at radius 1 is 0.614 bits per heavy atom. The van der Waals surface area contributed by atoms with Crippen molar-refractivity contribution in [1.82, 2.24) is 24.5 Å². The normalized spacial score (nSPS) is 13.4. The Hall–Kier alpha value is -5.68. The molecule has 0 bridgehead atoms. The summed E-state index contributed by atoms with van der Waals surface area (Å²) in [6.45, 7) is 4.66. The fourth-order valence-corrected chi connectivity index (χ4v) is 7.23. The molecule has 0 unspecified atom stereocenters. The van der Waals surface area contributed by atoms with E-state index in [-0.39, 0.29) is 5.41 Å². The van der Waals surface area contributed by atoms with Gasteiger partial charge in [0.15, 0.2) is 0 Å². The van der Waals surface area contributed by atoms with Crippen molar-refractivity contribution >= 4 is 32.6 Å². The SMILES string of the molecule is CC1(C)c2ccccc2-c2c1c1c(c3ccncc23)c2cnccc2n1-c1nc(-c2ccccc2)cc(-c2ccccc2)n1. The van der Waals surface area contributed by atoms with Crippen molar-refractivity contribution in [2.24, 2.45) is 0 Å². The van der Waals surface area contributed by atoms with E-state index >= 15 is 0 Å². The highest BCUT2D eigenvalue weighted by molar-refractivity contribution is 6.26. The summed E-state index contributed by atoms with van der Waals surface area (Å²) in [6, 6.07) is 35.8. The molecule has 1 aliphatic rings. The summed E-state index contributed by atoms with van der Waals surface area (Å²) in [5.74, 6) is 0.638. The smallest absolute Gasteiger partial charge is 0.235 e. The molecule has 0 aliphatic heterocycles. The standard InChI is InChI=1S/C39H27N5/c1-39(2)30-16-10-9-15-27(30)34-28-22-40-19-17-26(28)35-29-23-41-20-18-33(29)44(37(35)36(34)39)38-42-31(24-11-5-3-6-12-24)21-32(43-38)25-13-7-4-8-14-25/h3-23H,1-2H3. The first-order valence-electron chi connectivity index (χ1n) is 14.9. The maximum Gasteiger partial charge on any atom is 0.235 e. The minimum absolute atomic E-state index is 0.271. The molecule has 0 amide bonds.